The van der Waals surface area contributed by atoms with Gasteiger partial charge in [0.05, 0.1) is 0 Å². The van der Waals surface area contributed by atoms with Crippen molar-refractivity contribution in [2.45, 2.75) is 19.6 Å². The monoisotopic (exact) mass is 662 g/mol. The van der Waals surface area contributed by atoms with Gasteiger partial charge in [-0.15, -0.1) is 19.7 Å². The van der Waals surface area contributed by atoms with Crippen LogP contribution >= 0.6 is 0 Å². The first-order chi connectivity index (χ1) is 16.9. The van der Waals surface area contributed by atoms with Crippen LogP contribution in [0.3, 0.4) is 0 Å². The molecular weight excluding hydrogens is 621 g/mol. The van der Waals surface area contributed by atoms with Crippen LogP contribution in [0.2, 0.25) is 19.6 Å². The van der Waals surface area contributed by atoms with E-state index in [4.69, 9.17) is 46.2 Å². The summed E-state index contributed by atoms with van der Waals surface area (Å²) in [7, 11) is -15.0. The second kappa shape index (κ2) is 17.0. The topological polar surface area (TPSA) is 102 Å². The molecule has 3 unspecified atom stereocenters. The fraction of sp³-hybridized carbons (Fsp3) is 0.375. The van der Waals surface area contributed by atoms with E-state index in [1.807, 2.05) is 19.6 Å². The van der Waals surface area contributed by atoms with E-state index in [2.05, 4.69) is 32.9 Å². The maximum Gasteiger partial charge on any atom is 0.519 e. The van der Waals surface area contributed by atoms with Crippen molar-refractivity contribution in [3.63, 3.8) is 0 Å². The van der Waals surface area contributed by atoms with Crippen molar-refractivity contribution in [2.24, 2.45) is 0 Å². The first kappa shape index (κ1) is 36.2. The van der Waals surface area contributed by atoms with E-state index < -0.39 is 73.3 Å². The van der Waals surface area contributed by atoms with Gasteiger partial charge >= 0.3 is 35.2 Å². The quantitative estimate of drug-likeness (QED) is 0.127. The summed E-state index contributed by atoms with van der Waals surface area (Å²) in [5.41, 5.74) is 7.95. The van der Waals surface area contributed by atoms with Gasteiger partial charge in [-0.25, -0.2) is 0 Å². The highest BCUT2D eigenvalue weighted by Crippen LogP contribution is 2.23. The molecule has 0 amide bonds. The highest BCUT2D eigenvalue weighted by molar-refractivity contribution is 6.89. The van der Waals surface area contributed by atoms with Crippen LogP contribution in [-0.4, -0.2) is 105 Å². The molecule has 0 aromatic carbocycles. The van der Waals surface area contributed by atoms with Gasteiger partial charge in [0, 0.05) is 21.3 Å². The molecule has 0 aliphatic heterocycles. The molecule has 0 heterocycles. The first-order valence-electron chi connectivity index (χ1n) is 10.9. The average molecular weight is 663 g/mol. The second-order valence-corrected chi connectivity index (χ2v) is 28.7. The molecule has 0 aromatic rings. The fourth-order valence-corrected chi connectivity index (χ4v) is 26.1. The van der Waals surface area contributed by atoms with E-state index in [0.29, 0.717) is 10.5 Å². The molecule has 0 rings (SSSR count). The Balaban J connectivity index is 5.86. The predicted octanol–water partition coefficient (Wildman–Crippen LogP) is -0.945. The number of rotatable bonds is 23. The Hall–Kier alpha value is 0.212. The lowest BCUT2D eigenvalue weighted by atomic mass is 11.3. The number of hydrogen-bond acceptors (Lipinski definition) is 11. The van der Waals surface area contributed by atoms with Gasteiger partial charge < -0.3 is 46.2 Å². The van der Waals surface area contributed by atoms with Crippen LogP contribution in [0, 0.1) is 0 Å². The van der Waals surface area contributed by atoms with Crippen molar-refractivity contribution >= 4 is 83.8 Å². The normalized spacial score (nSPS) is 18.4. The van der Waals surface area contributed by atoms with Crippen LogP contribution in [0.1, 0.15) is 0 Å². The highest BCUT2D eigenvalue weighted by atomic mass is 28.5. The molecule has 0 N–H and O–H groups in total. The summed E-state index contributed by atoms with van der Waals surface area (Å²) in [6.45, 7) is 25.2. The Morgan fingerprint density at radius 2 is 0.972 bits per heavy atom. The molecule has 0 aromatic heterocycles. The van der Waals surface area contributed by atoms with Gasteiger partial charge in [-0.05, 0) is 35.9 Å². The van der Waals surface area contributed by atoms with Crippen molar-refractivity contribution in [3.05, 3.63) is 61.4 Å². The van der Waals surface area contributed by atoms with Crippen LogP contribution in [0.5, 0.6) is 0 Å². The van der Waals surface area contributed by atoms with E-state index in [-0.39, 0.29) is 0 Å². The minimum atomic E-state index is -3.45. The van der Waals surface area contributed by atoms with Gasteiger partial charge in [0.2, 0.25) is 8.32 Å². The standard InChI is InChI=1S/C16H42O11Si9/c1-12-32(10,11)26-36(16-5,24-30-22-33(13-2,17-6)18-7)25-31-23-35(15-4,21-29-9)27-34(14-3,19-8)20-28/h12-16H,1-5,29-31H2,6-11,28H3. The van der Waals surface area contributed by atoms with Crippen LogP contribution in [-0.2, 0) is 46.2 Å². The highest BCUT2D eigenvalue weighted by Gasteiger charge is 2.50. The molecule has 0 spiro atoms. The molecule has 0 fully saturated rings. The van der Waals surface area contributed by atoms with Crippen LogP contribution in [0.25, 0.3) is 0 Å². The molecule has 0 aliphatic rings. The maximum atomic E-state index is 6.39. The second-order valence-electron chi connectivity index (χ2n) is 7.30. The summed E-state index contributed by atoms with van der Waals surface area (Å²) >= 11 is 0. The lowest BCUT2D eigenvalue weighted by molar-refractivity contribution is 0.161. The van der Waals surface area contributed by atoms with E-state index in [9.17, 15) is 0 Å². The average Bonchev–Trinajstić information content (AvgIpc) is 2.89. The SMILES string of the molecule is C=C[Si](C)(C)O[Si](C=C)(O[SiH2]O[Si](C=C)(OC)OC)O[SiH2]O[Si](C=C)(O[SiH2]C)O[Si](C=C)(OC)O[SiH3]. The molecule has 3 atom stereocenters. The van der Waals surface area contributed by atoms with Crippen LogP contribution < -0.4 is 0 Å². The first-order valence-corrected chi connectivity index (χ1v) is 26.2. The van der Waals surface area contributed by atoms with Gasteiger partial charge in [0.25, 0.3) is 20.0 Å². The third kappa shape index (κ3) is 10.8. The summed E-state index contributed by atoms with van der Waals surface area (Å²) in [6.07, 6.45) is 0. The van der Waals surface area contributed by atoms with Crippen molar-refractivity contribution < 1.29 is 46.2 Å². The lowest BCUT2D eigenvalue weighted by Crippen LogP contribution is -2.59. The molecule has 0 saturated carbocycles. The van der Waals surface area contributed by atoms with Gasteiger partial charge in [-0.2, -0.15) is 0 Å². The molecule has 11 nitrogen and oxygen atoms in total. The van der Waals surface area contributed by atoms with Crippen molar-refractivity contribution in [1.29, 1.82) is 0 Å². The zero-order valence-corrected chi connectivity index (χ0v) is 33.8. The zero-order valence-electron chi connectivity index (χ0n) is 22.5. The fourth-order valence-electron chi connectivity index (χ4n) is 2.52. The molecule has 20 heteroatoms. The third-order valence-corrected chi connectivity index (χ3v) is 28.3. The Morgan fingerprint density at radius 3 is 1.28 bits per heavy atom. The molecule has 0 radical (unpaired) electrons. The maximum absolute atomic E-state index is 6.39. The van der Waals surface area contributed by atoms with Gasteiger partial charge in [0.15, 0.2) is 0 Å². The van der Waals surface area contributed by atoms with Crippen LogP contribution in [0.15, 0.2) is 61.4 Å². The zero-order chi connectivity index (χ0) is 27.9. The van der Waals surface area contributed by atoms with Gasteiger partial charge in [-0.3, -0.25) is 0 Å². The predicted molar refractivity (Wildman–Crippen MR) is 163 cm³/mol. The van der Waals surface area contributed by atoms with E-state index in [1.54, 1.807) is 17.1 Å². The number of hydrogen-bond donors (Lipinski definition) is 0. The summed E-state index contributed by atoms with van der Waals surface area (Å²) in [5.74, 6) is 0. The molecule has 36 heavy (non-hydrogen) atoms. The minimum absolute atomic E-state index is 0.380. The smallest absolute Gasteiger partial charge is 0.422 e. The summed E-state index contributed by atoms with van der Waals surface area (Å²) in [6, 6.07) is 0. The van der Waals surface area contributed by atoms with Gasteiger partial charge in [-0.1, -0.05) is 25.4 Å². The lowest BCUT2D eigenvalue weighted by Gasteiger charge is -2.37. The molecule has 0 saturated heterocycles. The molecule has 0 bridgehead atoms. The largest absolute Gasteiger partial charge is 0.519 e. The summed E-state index contributed by atoms with van der Waals surface area (Å²) in [4.78, 5) is 0. The van der Waals surface area contributed by atoms with E-state index in [0.717, 1.165) is 0 Å². The Labute approximate surface area is 231 Å². The van der Waals surface area contributed by atoms with Crippen molar-refractivity contribution in [3.8, 4) is 0 Å². The van der Waals surface area contributed by atoms with E-state index in [1.165, 1.54) is 32.7 Å². The minimum Gasteiger partial charge on any atom is -0.422 e. The van der Waals surface area contributed by atoms with Gasteiger partial charge in [0.1, 0.15) is 20.2 Å². The summed E-state index contributed by atoms with van der Waals surface area (Å²) < 4.78 is 65.2. The van der Waals surface area contributed by atoms with Crippen LogP contribution in [0.4, 0.5) is 0 Å². The summed E-state index contributed by atoms with van der Waals surface area (Å²) in [5, 5.41) is 0. The molecular formula is C16H42O11Si9. The Kier molecular flexibility index (Phi) is 17.1. The Bertz CT molecular complexity index is 724. The third-order valence-electron chi connectivity index (χ3n) is 4.71. The van der Waals surface area contributed by atoms with Crippen molar-refractivity contribution in [1.82, 2.24) is 0 Å². The Morgan fingerprint density at radius 1 is 0.583 bits per heavy atom. The van der Waals surface area contributed by atoms with E-state index >= 15 is 0 Å². The molecule has 208 valence electrons. The molecule has 0 aliphatic carbocycles. The van der Waals surface area contributed by atoms with Crippen molar-refractivity contribution in [2.75, 3.05) is 21.3 Å².